The summed E-state index contributed by atoms with van der Waals surface area (Å²) in [5.74, 6) is -1.68. The number of ether oxygens (including phenoxy) is 1. The van der Waals surface area contributed by atoms with Crippen LogP contribution in [-0.4, -0.2) is 19.8 Å². The van der Waals surface area contributed by atoms with Gasteiger partial charge in [0.1, 0.15) is 0 Å². The van der Waals surface area contributed by atoms with Crippen molar-refractivity contribution in [1.29, 1.82) is 0 Å². The van der Waals surface area contributed by atoms with Gasteiger partial charge in [-0.3, -0.25) is 0 Å². The van der Waals surface area contributed by atoms with E-state index in [4.69, 9.17) is 4.74 Å². The van der Waals surface area contributed by atoms with Gasteiger partial charge in [0.05, 0.1) is 11.6 Å². The summed E-state index contributed by atoms with van der Waals surface area (Å²) in [5, 5.41) is 3.04. The van der Waals surface area contributed by atoms with Gasteiger partial charge in [-0.1, -0.05) is 6.07 Å². The van der Waals surface area contributed by atoms with Crippen molar-refractivity contribution in [3.05, 3.63) is 35.4 Å². The van der Waals surface area contributed by atoms with Crippen LogP contribution in [0.15, 0.2) is 18.2 Å². The summed E-state index contributed by atoms with van der Waals surface area (Å²) < 4.78 is 31.3. The van der Waals surface area contributed by atoms with Crippen molar-refractivity contribution in [2.24, 2.45) is 0 Å². The maximum Gasteiger partial charge on any atom is 0.159 e. The van der Waals surface area contributed by atoms with Gasteiger partial charge in [0, 0.05) is 7.11 Å². The molecule has 0 aliphatic carbocycles. The summed E-state index contributed by atoms with van der Waals surface area (Å²) in [7, 11) is 3.34. The van der Waals surface area contributed by atoms with Gasteiger partial charge in [0.15, 0.2) is 11.6 Å². The molecule has 0 fully saturated rings. The van der Waals surface area contributed by atoms with Crippen LogP contribution in [0, 0.1) is 11.6 Å². The molecule has 0 aromatic heterocycles. The number of hydrogen-bond donors (Lipinski definition) is 1. The molecule has 1 atom stereocenters. The summed E-state index contributed by atoms with van der Waals surface area (Å²) in [6.45, 7) is 3.77. The fraction of sp³-hybridized carbons (Fsp3) is 0.500. The highest BCUT2D eigenvalue weighted by Gasteiger charge is 2.29. The predicted octanol–water partition coefficient (Wildman–Crippen LogP) is 2.65. The van der Waals surface area contributed by atoms with Crippen LogP contribution < -0.4 is 5.32 Å². The van der Waals surface area contributed by atoms with E-state index in [1.165, 1.54) is 6.07 Å². The van der Waals surface area contributed by atoms with Gasteiger partial charge in [0.2, 0.25) is 0 Å². The molecule has 0 heterocycles. The highest BCUT2D eigenvalue weighted by molar-refractivity contribution is 5.23. The molecule has 1 unspecified atom stereocenters. The van der Waals surface area contributed by atoms with Gasteiger partial charge in [-0.15, -0.1) is 0 Å². The van der Waals surface area contributed by atoms with Crippen molar-refractivity contribution in [2.75, 3.05) is 14.2 Å². The summed E-state index contributed by atoms with van der Waals surface area (Å²) in [4.78, 5) is 0. The van der Waals surface area contributed by atoms with Crippen LogP contribution in [0.1, 0.15) is 25.5 Å². The van der Waals surface area contributed by atoms with Gasteiger partial charge in [0.25, 0.3) is 0 Å². The minimum atomic E-state index is -0.843. The van der Waals surface area contributed by atoms with Gasteiger partial charge in [-0.05, 0) is 38.6 Å². The number of methoxy groups -OCH3 is 1. The zero-order valence-electron chi connectivity index (χ0n) is 9.97. The van der Waals surface area contributed by atoms with E-state index >= 15 is 0 Å². The van der Waals surface area contributed by atoms with Crippen molar-refractivity contribution in [1.82, 2.24) is 5.32 Å². The maximum absolute atomic E-state index is 13.1. The summed E-state index contributed by atoms with van der Waals surface area (Å²) in [6.07, 6.45) is 0. The summed E-state index contributed by atoms with van der Waals surface area (Å²) in [6, 6.07) is 3.67. The van der Waals surface area contributed by atoms with E-state index in [9.17, 15) is 8.78 Å². The van der Waals surface area contributed by atoms with Crippen LogP contribution in [0.5, 0.6) is 0 Å². The molecule has 1 aromatic rings. The van der Waals surface area contributed by atoms with Crippen LogP contribution in [0.3, 0.4) is 0 Å². The van der Waals surface area contributed by atoms with Crippen LogP contribution >= 0.6 is 0 Å². The minimum Gasteiger partial charge on any atom is -0.377 e. The number of rotatable bonds is 4. The standard InChI is InChI=1S/C12H17F2NO/c1-12(2,16-4)11(15-3)8-5-6-9(13)10(14)7-8/h5-7,11,15H,1-4H3. The molecule has 0 amide bonds. The number of benzene rings is 1. The average Bonchev–Trinajstić information content (AvgIpc) is 2.24. The zero-order valence-corrected chi connectivity index (χ0v) is 9.97. The van der Waals surface area contributed by atoms with Gasteiger partial charge in [-0.25, -0.2) is 8.78 Å². The molecule has 0 radical (unpaired) electrons. The smallest absolute Gasteiger partial charge is 0.159 e. The van der Waals surface area contributed by atoms with Gasteiger partial charge < -0.3 is 10.1 Å². The molecule has 0 bridgehead atoms. The SMILES string of the molecule is CNC(c1ccc(F)c(F)c1)C(C)(C)OC. The molecule has 0 aliphatic heterocycles. The highest BCUT2D eigenvalue weighted by atomic mass is 19.2. The second-order valence-corrected chi connectivity index (χ2v) is 4.20. The zero-order chi connectivity index (χ0) is 12.3. The molecule has 16 heavy (non-hydrogen) atoms. The number of nitrogens with one attached hydrogen (secondary N) is 1. The summed E-state index contributed by atoms with van der Waals surface area (Å²) in [5.41, 5.74) is 0.159. The number of likely N-dealkylation sites (N-methyl/N-ethyl adjacent to an activating group) is 1. The van der Waals surface area contributed by atoms with Gasteiger partial charge >= 0.3 is 0 Å². The Hall–Kier alpha value is -1.00. The molecule has 90 valence electrons. The Morgan fingerprint density at radius 3 is 2.31 bits per heavy atom. The van der Waals surface area contributed by atoms with Crippen molar-refractivity contribution >= 4 is 0 Å². The minimum absolute atomic E-state index is 0.201. The normalized spacial score (nSPS) is 13.9. The third-order valence-corrected chi connectivity index (χ3v) is 2.79. The number of hydrogen-bond acceptors (Lipinski definition) is 2. The lowest BCUT2D eigenvalue weighted by atomic mass is 9.91. The van der Waals surface area contributed by atoms with Crippen LogP contribution in [0.4, 0.5) is 8.78 Å². The fourth-order valence-electron chi connectivity index (χ4n) is 1.73. The molecule has 0 spiro atoms. The van der Waals surface area contributed by atoms with Crippen molar-refractivity contribution in [3.63, 3.8) is 0 Å². The second-order valence-electron chi connectivity index (χ2n) is 4.20. The Balaban J connectivity index is 3.09. The molecule has 0 aliphatic rings. The van der Waals surface area contributed by atoms with E-state index in [0.29, 0.717) is 5.56 Å². The second kappa shape index (κ2) is 4.89. The first kappa shape index (κ1) is 13.1. The van der Waals surface area contributed by atoms with Crippen LogP contribution in [0.25, 0.3) is 0 Å². The van der Waals surface area contributed by atoms with E-state index < -0.39 is 17.2 Å². The topological polar surface area (TPSA) is 21.3 Å². The number of halogens is 2. The quantitative estimate of drug-likeness (QED) is 0.857. The molecule has 0 saturated heterocycles. The first-order valence-electron chi connectivity index (χ1n) is 5.09. The van der Waals surface area contributed by atoms with Gasteiger partial charge in [-0.2, -0.15) is 0 Å². The molecule has 1 rings (SSSR count). The summed E-state index contributed by atoms with van der Waals surface area (Å²) >= 11 is 0. The van der Waals surface area contributed by atoms with Crippen molar-refractivity contribution in [3.8, 4) is 0 Å². The first-order valence-corrected chi connectivity index (χ1v) is 5.09. The Morgan fingerprint density at radius 2 is 1.88 bits per heavy atom. The Labute approximate surface area is 94.6 Å². The molecule has 4 heteroatoms. The maximum atomic E-state index is 13.1. The van der Waals surface area contributed by atoms with Crippen LogP contribution in [-0.2, 0) is 4.74 Å². The third-order valence-electron chi connectivity index (χ3n) is 2.79. The lowest BCUT2D eigenvalue weighted by Crippen LogP contribution is -2.39. The van der Waals surface area contributed by atoms with E-state index in [1.807, 2.05) is 13.8 Å². The van der Waals surface area contributed by atoms with E-state index in [0.717, 1.165) is 6.07 Å². The van der Waals surface area contributed by atoms with Crippen LogP contribution in [0.2, 0.25) is 0 Å². The Morgan fingerprint density at radius 1 is 1.25 bits per heavy atom. The molecule has 1 aromatic carbocycles. The van der Waals surface area contributed by atoms with E-state index in [-0.39, 0.29) is 6.04 Å². The van der Waals surface area contributed by atoms with E-state index in [1.54, 1.807) is 20.2 Å². The Bertz CT molecular complexity index is 366. The first-order chi connectivity index (χ1) is 7.42. The third kappa shape index (κ3) is 2.57. The molecular formula is C12H17F2NO. The average molecular weight is 229 g/mol. The lowest BCUT2D eigenvalue weighted by Gasteiger charge is -2.33. The lowest BCUT2D eigenvalue weighted by molar-refractivity contribution is -0.00907. The molecule has 1 N–H and O–H groups in total. The monoisotopic (exact) mass is 229 g/mol. The van der Waals surface area contributed by atoms with Crippen molar-refractivity contribution in [2.45, 2.75) is 25.5 Å². The Kier molecular flexibility index (Phi) is 3.99. The molecular weight excluding hydrogens is 212 g/mol. The van der Waals surface area contributed by atoms with Crippen molar-refractivity contribution < 1.29 is 13.5 Å². The fourth-order valence-corrected chi connectivity index (χ4v) is 1.73. The largest absolute Gasteiger partial charge is 0.377 e. The van der Waals surface area contributed by atoms with E-state index in [2.05, 4.69) is 5.32 Å². The predicted molar refractivity (Wildman–Crippen MR) is 59.2 cm³/mol. The molecule has 0 saturated carbocycles. The molecule has 2 nitrogen and oxygen atoms in total. The highest BCUT2D eigenvalue weighted by Crippen LogP contribution is 2.28.